The maximum absolute atomic E-state index is 5.64. The summed E-state index contributed by atoms with van der Waals surface area (Å²) < 4.78 is 6.92. The van der Waals surface area contributed by atoms with E-state index >= 15 is 0 Å². The Morgan fingerprint density at radius 3 is 2.43 bits per heavy atom. The maximum atomic E-state index is 5.64. The molecule has 0 unspecified atom stereocenters. The highest BCUT2D eigenvalue weighted by atomic mass is 127. The van der Waals surface area contributed by atoms with E-state index in [9.17, 15) is 0 Å². The van der Waals surface area contributed by atoms with Gasteiger partial charge in [-0.15, -0.1) is 0 Å². The van der Waals surface area contributed by atoms with Gasteiger partial charge in [-0.05, 0) is 47.1 Å². The molecule has 1 aromatic carbocycles. The first kappa shape index (κ1) is 11.8. The monoisotopic (exact) mass is 304 g/mol. The van der Waals surface area contributed by atoms with Crippen LogP contribution in [0.3, 0.4) is 0 Å². The molecular weight excluding hydrogens is 287 g/mol. The predicted octanol–water partition coefficient (Wildman–Crippen LogP) is 3.99. The fraction of sp³-hybridized carbons (Fsp3) is 0.500. The average Bonchev–Trinajstić information content (AvgIpc) is 2.02. The average molecular weight is 304 g/mol. The Balaban J connectivity index is 3.22. The molecule has 0 saturated heterocycles. The lowest BCUT2D eigenvalue weighted by Gasteiger charge is -2.24. The molecule has 0 fully saturated rings. The van der Waals surface area contributed by atoms with Crippen molar-refractivity contribution >= 4 is 22.6 Å². The lowest BCUT2D eigenvalue weighted by molar-refractivity contribution is 0.329. The van der Waals surface area contributed by atoms with E-state index in [0.717, 1.165) is 12.4 Å². The summed E-state index contributed by atoms with van der Waals surface area (Å²) in [5.41, 5.74) is 1.45. The number of benzene rings is 1. The Hall–Kier alpha value is -0.250. The van der Waals surface area contributed by atoms with Gasteiger partial charge >= 0.3 is 0 Å². The third kappa shape index (κ3) is 2.62. The van der Waals surface area contributed by atoms with E-state index in [-0.39, 0.29) is 5.41 Å². The molecular formula is C12H17IO. The molecule has 0 aliphatic carbocycles. The molecule has 0 spiro atoms. The van der Waals surface area contributed by atoms with Crippen molar-refractivity contribution in [3.8, 4) is 5.75 Å². The smallest absolute Gasteiger partial charge is 0.124 e. The van der Waals surface area contributed by atoms with Gasteiger partial charge in [0.15, 0.2) is 0 Å². The summed E-state index contributed by atoms with van der Waals surface area (Å²) in [5, 5.41) is 0. The number of halogens is 1. The molecule has 0 amide bonds. The van der Waals surface area contributed by atoms with Gasteiger partial charge in [0, 0.05) is 9.13 Å². The van der Waals surface area contributed by atoms with Gasteiger partial charge in [-0.3, -0.25) is 0 Å². The Kier molecular flexibility index (Phi) is 3.81. The molecule has 0 N–H and O–H groups in total. The molecule has 0 heterocycles. The van der Waals surface area contributed by atoms with Crippen LogP contribution in [0.25, 0.3) is 0 Å². The molecule has 0 bridgehead atoms. The van der Waals surface area contributed by atoms with Crippen LogP contribution in [0, 0.1) is 3.57 Å². The van der Waals surface area contributed by atoms with Crippen LogP contribution in [0.15, 0.2) is 18.2 Å². The van der Waals surface area contributed by atoms with E-state index in [1.165, 1.54) is 9.13 Å². The molecule has 1 nitrogen and oxygen atoms in total. The highest BCUT2D eigenvalue weighted by Crippen LogP contribution is 2.34. The SMILES string of the molecule is CCOc1cccc(I)c1C(C)(C)C. The van der Waals surface area contributed by atoms with E-state index < -0.39 is 0 Å². The van der Waals surface area contributed by atoms with Gasteiger partial charge < -0.3 is 4.74 Å². The summed E-state index contributed by atoms with van der Waals surface area (Å²) in [4.78, 5) is 0. The Labute approximate surface area is 100.0 Å². The van der Waals surface area contributed by atoms with Gasteiger partial charge in [0.1, 0.15) is 5.75 Å². The second-order valence-corrected chi connectivity index (χ2v) is 5.46. The van der Waals surface area contributed by atoms with E-state index in [0.29, 0.717) is 0 Å². The lowest BCUT2D eigenvalue weighted by Crippen LogP contribution is -2.15. The van der Waals surface area contributed by atoms with Crippen LogP contribution in [0.2, 0.25) is 0 Å². The van der Waals surface area contributed by atoms with Gasteiger partial charge in [-0.25, -0.2) is 0 Å². The van der Waals surface area contributed by atoms with E-state index in [4.69, 9.17) is 4.74 Å². The van der Waals surface area contributed by atoms with Crippen molar-refractivity contribution in [2.24, 2.45) is 0 Å². The normalized spacial score (nSPS) is 11.5. The zero-order valence-electron chi connectivity index (χ0n) is 9.23. The summed E-state index contributed by atoms with van der Waals surface area (Å²) >= 11 is 2.37. The molecule has 0 aromatic heterocycles. The largest absolute Gasteiger partial charge is 0.494 e. The molecule has 0 radical (unpaired) electrons. The van der Waals surface area contributed by atoms with Crippen LogP contribution in [-0.4, -0.2) is 6.61 Å². The van der Waals surface area contributed by atoms with Crippen molar-refractivity contribution in [1.29, 1.82) is 0 Å². The van der Waals surface area contributed by atoms with Crippen molar-refractivity contribution < 1.29 is 4.74 Å². The first-order chi connectivity index (χ1) is 6.46. The van der Waals surface area contributed by atoms with E-state index in [1.807, 2.05) is 19.1 Å². The third-order valence-electron chi connectivity index (χ3n) is 2.03. The molecule has 0 atom stereocenters. The minimum absolute atomic E-state index is 0.141. The van der Waals surface area contributed by atoms with Crippen LogP contribution in [0.5, 0.6) is 5.75 Å². The van der Waals surface area contributed by atoms with Crippen LogP contribution in [0.4, 0.5) is 0 Å². The molecule has 0 aliphatic rings. The minimum Gasteiger partial charge on any atom is -0.494 e. The quantitative estimate of drug-likeness (QED) is 0.751. The predicted molar refractivity (Wildman–Crippen MR) is 69.0 cm³/mol. The van der Waals surface area contributed by atoms with E-state index in [2.05, 4.69) is 49.4 Å². The zero-order valence-corrected chi connectivity index (χ0v) is 11.4. The maximum Gasteiger partial charge on any atom is 0.124 e. The topological polar surface area (TPSA) is 9.23 Å². The summed E-state index contributed by atoms with van der Waals surface area (Å²) in [6.07, 6.45) is 0. The second kappa shape index (κ2) is 4.51. The molecule has 0 saturated carbocycles. The van der Waals surface area contributed by atoms with Gasteiger partial charge in [0.05, 0.1) is 6.61 Å². The van der Waals surface area contributed by atoms with Crippen molar-refractivity contribution in [3.63, 3.8) is 0 Å². The first-order valence-corrected chi connectivity index (χ1v) is 5.96. The molecule has 1 aromatic rings. The molecule has 2 heteroatoms. The fourth-order valence-electron chi connectivity index (χ4n) is 1.51. The molecule has 78 valence electrons. The Morgan fingerprint density at radius 1 is 1.29 bits per heavy atom. The van der Waals surface area contributed by atoms with Crippen LogP contribution < -0.4 is 4.74 Å². The van der Waals surface area contributed by atoms with Gasteiger partial charge in [0.25, 0.3) is 0 Å². The molecule has 14 heavy (non-hydrogen) atoms. The van der Waals surface area contributed by atoms with Gasteiger partial charge in [-0.2, -0.15) is 0 Å². The Bertz CT molecular complexity index is 313. The van der Waals surface area contributed by atoms with Crippen LogP contribution in [-0.2, 0) is 5.41 Å². The fourth-order valence-corrected chi connectivity index (χ4v) is 2.79. The standard InChI is InChI=1S/C12H17IO/c1-5-14-10-8-6-7-9(13)11(10)12(2,3)4/h6-8H,5H2,1-4H3. The van der Waals surface area contributed by atoms with Crippen molar-refractivity contribution in [2.45, 2.75) is 33.1 Å². The number of rotatable bonds is 2. The molecule has 1 rings (SSSR count). The van der Waals surface area contributed by atoms with Crippen molar-refractivity contribution in [1.82, 2.24) is 0 Å². The number of ether oxygens (including phenoxy) is 1. The van der Waals surface area contributed by atoms with Gasteiger partial charge in [0.2, 0.25) is 0 Å². The van der Waals surface area contributed by atoms with Crippen molar-refractivity contribution in [3.05, 3.63) is 27.3 Å². The summed E-state index contributed by atoms with van der Waals surface area (Å²) in [7, 11) is 0. The minimum atomic E-state index is 0.141. The van der Waals surface area contributed by atoms with Gasteiger partial charge in [-0.1, -0.05) is 26.8 Å². The highest BCUT2D eigenvalue weighted by Gasteiger charge is 2.21. The third-order valence-corrected chi connectivity index (χ3v) is 2.92. The van der Waals surface area contributed by atoms with Crippen molar-refractivity contribution in [2.75, 3.05) is 6.61 Å². The highest BCUT2D eigenvalue weighted by molar-refractivity contribution is 14.1. The lowest BCUT2D eigenvalue weighted by atomic mass is 9.86. The Morgan fingerprint density at radius 2 is 1.93 bits per heavy atom. The second-order valence-electron chi connectivity index (χ2n) is 4.30. The zero-order chi connectivity index (χ0) is 10.8. The summed E-state index contributed by atoms with van der Waals surface area (Å²) in [6.45, 7) is 9.39. The van der Waals surface area contributed by atoms with E-state index in [1.54, 1.807) is 0 Å². The first-order valence-electron chi connectivity index (χ1n) is 4.88. The van der Waals surface area contributed by atoms with Crippen LogP contribution in [0.1, 0.15) is 33.3 Å². The summed E-state index contributed by atoms with van der Waals surface area (Å²) in [5.74, 6) is 1.02. The molecule has 0 aliphatic heterocycles. The van der Waals surface area contributed by atoms with Crippen LogP contribution >= 0.6 is 22.6 Å². The summed E-state index contributed by atoms with van der Waals surface area (Å²) in [6, 6.07) is 6.22. The number of hydrogen-bond acceptors (Lipinski definition) is 1. The number of hydrogen-bond donors (Lipinski definition) is 0.